The minimum absolute atomic E-state index is 0.117. The van der Waals surface area contributed by atoms with Crippen LogP contribution in [0.5, 0.6) is 0 Å². The summed E-state index contributed by atoms with van der Waals surface area (Å²) in [5.41, 5.74) is 2.10. The van der Waals surface area contributed by atoms with E-state index in [1.807, 2.05) is 25.1 Å². The largest absolute Gasteiger partial charge is 0.369 e. The molecule has 2 heterocycles. The molecule has 26 heavy (non-hydrogen) atoms. The topological polar surface area (TPSA) is 95.5 Å². The maximum absolute atomic E-state index is 12.7. The zero-order valence-corrected chi connectivity index (χ0v) is 16.7. The van der Waals surface area contributed by atoms with E-state index in [2.05, 4.69) is 20.4 Å². The molecule has 140 valence electrons. The molecule has 1 aliphatic rings. The van der Waals surface area contributed by atoms with Gasteiger partial charge in [0.05, 0.1) is 0 Å². The van der Waals surface area contributed by atoms with Gasteiger partial charge in [0.15, 0.2) is 0 Å². The minimum Gasteiger partial charge on any atom is -0.369 e. The zero-order valence-electron chi connectivity index (χ0n) is 14.3. The number of halogens is 1. The van der Waals surface area contributed by atoms with Crippen LogP contribution in [0.15, 0.2) is 22.5 Å². The van der Waals surface area contributed by atoms with Crippen LogP contribution in [0.4, 0.5) is 10.8 Å². The second-order valence-electron chi connectivity index (χ2n) is 5.88. The van der Waals surface area contributed by atoms with Crippen LogP contribution in [0, 0.1) is 6.92 Å². The number of aryl methyl sites for hydroxylation is 1. The smallest absolute Gasteiger partial charge is 0.272 e. The molecule has 8 nitrogen and oxygen atoms in total. The normalized spacial score (nSPS) is 15.9. The number of amides is 1. The highest BCUT2D eigenvalue weighted by Crippen LogP contribution is 2.28. The van der Waals surface area contributed by atoms with E-state index in [1.165, 1.54) is 11.2 Å². The van der Waals surface area contributed by atoms with Crippen LogP contribution in [0.25, 0.3) is 0 Å². The zero-order chi connectivity index (χ0) is 18.9. The Labute approximate surface area is 160 Å². The molecule has 0 spiro atoms. The van der Waals surface area contributed by atoms with Gasteiger partial charge in [0, 0.05) is 43.8 Å². The fourth-order valence-corrected chi connectivity index (χ4v) is 5.39. The molecule has 0 saturated carbocycles. The van der Waals surface area contributed by atoms with Gasteiger partial charge in [-0.1, -0.05) is 29.0 Å². The Morgan fingerprint density at radius 3 is 2.58 bits per heavy atom. The van der Waals surface area contributed by atoms with Crippen molar-refractivity contribution < 1.29 is 13.2 Å². The van der Waals surface area contributed by atoms with E-state index in [4.69, 9.17) is 11.6 Å². The quantitative estimate of drug-likeness (QED) is 0.767. The summed E-state index contributed by atoms with van der Waals surface area (Å²) in [7, 11) is -3.73. The molecule has 0 unspecified atom stereocenters. The van der Waals surface area contributed by atoms with Crippen LogP contribution in [0.1, 0.15) is 12.5 Å². The Kier molecular flexibility index (Phi) is 5.47. The summed E-state index contributed by atoms with van der Waals surface area (Å²) in [5, 5.41) is 10.7. The predicted molar refractivity (Wildman–Crippen MR) is 101 cm³/mol. The molecular weight excluding hydrogens is 398 g/mol. The molecule has 11 heteroatoms. The Morgan fingerprint density at radius 1 is 1.23 bits per heavy atom. The van der Waals surface area contributed by atoms with Crippen LogP contribution >= 0.6 is 22.9 Å². The van der Waals surface area contributed by atoms with Crippen molar-refractivity contribution in [2.75, 3.05) is 36.4 Å². The van der Waals surface area contributed by atoms with Crippen LogP contribution in [0.3, 0.4) is 0 Å². The average Bonchev–Trinajstić information content (AvgIpc) is 3.06. The third-order valence-corrected chi connectivity index (χ3v) is 7.32. The lowest BCUT2D eigenvalue weighted by Crippen LogP contribution is -2.48. The first-order valence-corrected chi connectivity index (χ1v) is 10.5. The Morgan fingerprint density at radius 2 is 1.92 bits per heavy atom. The third-order valence-electron chi connectivity index (χ3n) is 4.00. The fraction of sp³-hybridized carbons (Fsp3) is 0.400. The Hall–Kier alpha value is -1.75. The molecule has 3 rings (SSSR count). The molecule has 0 bridgehead atoms. The van der Waals surface area contributed by atoms with Gasteiger partial charge in [-0.3, -0.25) is 4.79 Å². The van der Waals surface area contributed by atoms with E-state index in [9.17, 15) is 13.2 Å². The second-order valence-corrected chi connectivity index (χ2v) is 9.40. The van der Waals surface area contributed by atoms with Crippen molar-refractivity contribution in [2.24, 2.45) is 0 Å². The van der Waals surface area contributed by atoms with Crippen molar-refractivity contribution in [3.8, 4) is 0 Å². The molecule has 0 radical (unpaired) electrons. The van der Waals surface area contributed by atoms with Gasteiger partial charge in [-0.25, -0.2) is 8.42 Å². The summed E-state index contributed by atoms with van der Waals surface area (Å²) in [4.78, 5) is 13.2. The lowest BCUT2D eigenvalue weighted by Gasteiger charge is -2.35. The molecule has 0 atom stereocenters. The van der Waals surface area contributed by atoms with Gasteiger partial charge in [0.2, 0.25) is 15.4 Å². The molecule has 1 saturated heterocycles. The number of nitrogens with zero attached hydrogens (tertiary/aromatic N) is 4. The number of anilines is 2. The van der Waals surface area contributed by atoms with Gasteiger partial charge < -0.3 is 10.2 Å². The number of carbonyl (C=O) groups is 1. The maximum atomic E-state index is 12.7. The van der Waals surface area contributed by atoms with E-state index in [-0.39, 0.29) is 15.4 Å². The fourth-order valence-electron chi connectivity index (χ4n) is 2.72. The maximum Gasteiger partial charge on any atom is 0.272 e. The summed E-state index contributed by atoms with van der Waals surface area (Å²) >= 11 is 6.93. The number of benzene rings is 1. The summed E-state index contributed by atoms with van der Waals surface area (Å²) in [5.74, 6) is -0.324. The third kappa shape index (κ3) is 3.98. The van der Waals surface area contributed by atoms with Crippen molar-refractivity contribution in [2.45, 2.75) is 18.2 Å². The number of piperazine rings is 1. The van der Waals surface area contributed by atoms with Gasteiger partial charge in [-0.05, 0) is 24.6 Å². The summed E-state index contributed by atoms with van der Waals surface area (Å²) in [6.45, 7) is 5.11. The number of sulfonamides is 1. The Bertz CT molecular complexity index is 923. The van der Waals surface area contributed by atoms with Gasteiger partial charge in [0.25, 0.3) is 10.0 Å². The summed E-state index contributed by atoms with van der Waals surface area (Å²) in [6.07, 6.45) is 0. The predicted octanol–water partition coefficient (Wildman–Crippen LogP) is 1.97. The van der Waals surface area contributed by atoms with Crippen LogP contribution < -0.4 is 10.2 Å². The highest BCUT2D eigenvalue weighted by Gasteiger charge is 2.32. The van der Waals surface area contributed by atoms with E-state index < -0.39 is 10.0 Å². The monoisotopic (exact) mass is 415 g/mol. The minimum atomic E-state index is -3.73. The van der Waals surface area contributed by atoms with Crippen LogP contribution in [-0.4, -0.2) is 55.0 Å². The number of nitrogens with one attached hydrogen (secondary N) is 1. The van der Waals surface area contributed by atoms with E-state index in [0.29, 0.717) is 31.2 Å². The molecule has 1 N–H and O–H groups in total. The molecular formula is C15H18ClN5O3S2. The van der Waals surface area contributed by atoms with Gasteiger partial charge in [0.1, 0.15) is 0 Å². The van der Waals surface area contributed by atoms with Gasteiger partial charge in [-0.15, -0.1) is 10.2 Å². The highest BCUT2D eigenvalue weighted by atomic mass is 35.5. The lowest BCUT2D eigenvalue weighted by atomic mass is 10.1. The standard InChI is InChI=1S/C15H18ClN5O3S2/c1-10-3-4-12(16)9-13(10)20-5-7-21(8-6-20)26(23,24)15-19-18-14(25-15)17-11(2)22/h3-4,9H,5-8H2,1-2H3,(H,17,18,22). The first-order chi connectivity index (χ1) is 12.3. The molecule has 2 aromatic rings. The Balaban J connectivity index is 1.71. The van der Waals surface area contributed by atoms with Crippen LogP contribution in [-0.2, 0) is 14.8 Å². The first kappa shape index (κ1) is 19.0. The second kappa shape index (κ2) is 7.47. The van der Waals surface area contributed by atoms with E-state index >= 15 is 0 Å². The molecule has 0 aliphatic carbocycles. The lowest BCUT2D eigenvalue weighted by molar-refractivity contribution is -0.114. The van der Waals surface area contributed by atoms with Crippen LogP contribution in [0.2, 0.25) is 5.02 Å². The molecule has 1 fully saturated rings. The number of aromatic nitrogens is 2. The van der Waals surface area contributed by atoms with Crippen molar-refractivity contribution in [1.82, 2.24) is 14.5 Å². The van der Waals surface area contributed by atoms with Crippen molar-refractivity contribution in [3.05, 3.63) is 28.8 Å². The average molecular weight is 416 g/mol. The van der Waals surface area contributed by atoms with E-state index in [0.717, 1.165) is 22.6 Å². The molecule has 1 aromatic heterocycles. The molecule has 1 amide bonds. The highest BCUT2D eigenvalue weighted by molar-refractivity contribution is 7.91. The number of carbonyl (C=O) groups excluding carboxylic acids is 1. The number of rotatable bonds is 4. The SMILES string of the molecule is CC(=O)Nc1nnc(S(=O)(=O)N2CCN(c3cc(Cl)ccc3C)CC2)s1. The van der Waals surface area contributed by atoms with Crippen molar-refractivity contribution in [1.29, 1.82) is 0 Å². The molecule has 1 aromatic carbocycles. The van der Waals surface area contributed by atoms with Crippen molar-refractivity contribution >= 4 is 49.7 Å². The number of hydrogen-bond donors (Lipinski definition) is 1. The van der Waals surface area contributed by atoms with Gasteiger partial charge in [-0.2, -0.15) is 4.31 Å². The summed E-state index contributed by atoms with van der Waals surface area (Å²) < 4.78 is 26.7. The van der Waals surface area contributed by atoms with Gasteiger partial charge >= 0.3 is 0 Å². The van der Waals surface area contributed by atoms with E-state index in [1.54, 1.807) is 0 Å². The summed E-state index contributed by atoms with van der Waals surface area (Å²) in [6, 6.07) is 5.68. The number of hydrogen-bond acceptors (Lipinski definition) is 7. The molecule has 1 aliphatic heterocycles. The first-order valence-electron chi connectivity index (χ1n) is 7.90. The van der Waals surface area contributed by atoms with Crippen molar-refractivity contribution in [3.63, 3.8) is 0 Å².